The highest BCUT2D eigenvalue weighted by atomic mass is 32.2. The highest BCUT2D eigenvalue weighted by molar-refractivity contribution is 7.99. The van der Waals surface area contributed by atoms with Gasteiger partial charge in [0, 0.05) is 31.1 Å². The number of fused-ring (bicyclic) bond motifs is 2. The Morgan fingerprint density at radius 2 is 2.10 bits per heavy atom. The van der Waals surface area contributed by atoms with Crippen LogP contribution in [0.3, 0.4) is 0 Å². The van der Waals surface area contributed by atoms with E-state index in [9.17, 15) is 9.59 Å². The molecule has 1 aliphatic heterocycles. The van der Waals surface area contributed by atoms with Crippen LogP contribution in [0.25, 0.3) is 16.7 Å². The normalized spacial score (nSPS) is 15.2. The van der Waals surface area contributed by atoms with Gasteiger partial charge < -0.3 is 5.32 Å². The predicted octanol–water partition coefficient (Wildman–Crippen LogP) is 2.64. The van der Waals surface area contributed by atoms with E-state index >= 15 is 0 Å². The molecule has 0 bridgehead atoms. The van der Waals surface area contributed by atoms with Crippen molar-refractivity contribution in [1.82, 2.24) is 29.6 Å². The lowest BCUT2D eigenvalue weighted by Crippen LogP contribution is -2.30. The summed E-state index contributed by atoms with van der Waals surface area (Å²) in [6.07, 6.45) is 5.17. The number of carbonyl (C=O) groups excluding carboxylic acids is 1. The van der Waals surface area contributed by atoms with E-state index in [1.54, 1.807) is 27.8 Å². The van der Waals surface area contributed by atoms with Gasteiger partial charge in [0.1, 0.15) is 5.39 Å². The van der Waals surface area contributed by atoms with Crippen molar-refractivity contribution in [2.75, 3.05) is 5.75 Å². The zero-order valence-corrected chi connectivity index (χ0v) is 17.7. The number of nitrogens with zero attached hydrogens (tertiary/aromatic N) is 5. The Balaban J connectivity index is 1.40. The average molecular weight is 433 g/mol. The first kappa shape index (κ1) is 19.5. The number of rotatable bonds is 5. The molecule has 1 aromatic carbocycles. The van der Waals surface area contributed by atoms with Crippen LogP contribution < -0.4 is 10.9 Å². The molecule has 1 amide bonds. The number of hydrogen-bond acceptors (Lipinski definition) is 6. The molecular formula is C22H20N6O2S. The Bertz CT molecular complexity index is 1330. The molecule has 156 valence electrons. The van der Waals surface area contributed by atoms with Gasteiger partial charge in [-0.25, -0.2) is 9.67 Å². The van der Waals surface area contributed by atoms with E-state index in [0.717, 1.165) is 16.8 Å². The first-order valence-corrected chi connectivity index (χ1v) is 10.9. The number of thioether (sulfide) groups is 1. The largest absolute Gasteiger partial charge is 0.352 e. The average Bonchev–Trinajstić information content (AvgIpc) is 3.38. The van der Waals surface area contributed by atoms with Crippen LogP contribution >= 0.6 is 11.8 Å². The number of pyridine rings is 1. The molecule has 0 saturated heterocycles. The molecule has 4 aromatic rings. The summed E-state index contributed by atoms with van der Waals surface area (Å²) in [5, 5.41) is 8.40. The second kappa shape index (κ2) is 7.99. The lowest BCUT2D eigenvalue weighted by Gasteiger charge is -2.13. The van der Waals surface area contributed by atoms with E-state index in [1.807, 2.05) is 43.3 Å². The summed E-state index contributed by atoms with van der Waals surface area (Å²) in [6.45, 7) is 2.44. The third-order valence-corrected chi connectivity index (χ3v) is 6.37. The fourth-order valence-corrected chi connectivity index (χ4v) is 4.85. The van der Waals surface area contributed by atoms with Gasteiger partial charge in [-0.3, -0.25) is 19.1 Å². The van der Waals surface area contributed by atoms with E-state index in [4.69, 9.17) is 4.98 Å². The van der Waals surface area contributed by atoms with Crippen molar-refractivity contribution < 1.29 is 4.79 Å². The van der Waals surface area contributed by atoms with Crippen molar-refractivity contribution in [3.8, 4) is 5.69 Å². The van der Waals surface area contributed by atoms with Crippen molar-refractivity contribution in [2.24, 2.45) is 0 Å². The van der Waals surface area contributed by atoms with Gasteiger partial charge in [0.2, 0.25) is 5.91 Å². The molecule has 0 saturated carbocycles. The van der Waals surface area contributed by atoms with Gasteiger partial charge in [0.05, 0.1) is 17.9 Å². The summed E-state index contributed by atoms with van der Waals surface area (Å²) in [5.41, 5.74) is 3.33. The van der Waals surface area contributed by atoms with Crippen LogP contribution in [0, 0.1) is 6.92 Å². The summed E-state index contributed by atoms with van der Waals surface area (Å²) in [7, 11) is 0. The van der Waals surface area contributed by atoms with Crippen LogP contribution in [0.15, 0.2) is 64.9 Å². The molecule has 0 aliphatic carbocycles. The van der Waals surface area contributed by atoms with Gasteiger partial charge in [0.25, 0.3) is 5.56 Å². The van der Waals surface area contributed by atoms with Gasteiger partial charge in [-0.15, -0.1) is 0 Å². The molecule has 1 N–H and O–H groups in total. The zero-order chi connectivity index (χ0) is 21.4. The maximum absolute atomic E-state index is 13.2. The van der Waals surface area contributed by atoms with E-state index in [2.05, 4.69) is 15.4 Å². The lowest BCUT2D eigenvalue weighted by molar-refractivity contribution is -0.121. The second-order valence-corrected chi connectivity index (χ2v) is 8.49. The third kappa shape index (κ3) is 3.72. The SMILES string of the molecule is Cc1cccc(-n2ncc3c(=O)n4c(nc32)SC[C@H]4CC(=O)NCc2ccncc2)c1. The Morgan fingerprint density at radius 3 is 2.90 bits per heavy atom. The Morgan fingerprint density at radius 1 is 1.26 bits per heavy atom. The fourth-order valence-electron chi connectivity index (χ4n) is 3.72. The Kier molecular flexibility index (Phi) is 5.03. The van der Waals surface area contributed by atoms with Gasteiger partial charge in [-0.05, 0) is 42.3 Å². The quantitative estimate of drug-likeness (QED) is 0.487. The van der Waals surface area contributed by atoms with Crippen LogP contribution in [-0.2, 0) is 11.3 Å². The highest BCUT2D eigenvalue weighted by Crippen LogP contribution is 2.33. The Labute approximate surface area is 182 Å². The monoisotopic (exact) mass is 432 g/mol. The van der Waals surface area contributed by atoms with Crippen LogP contribution in [0.5, 0.6) is 0 Å². The predicted molar refractivity (Wildman–Crippen MR) is 118 cm³/mol. The van der Waals surface area contributed by atoms with Crippen molar-refractivity contribution in [3.63, 3.8) is 0 Å². The molecule has 3 aromatic heterocycles. The minimum atomic E-state index is -0.232. The van der Waals surface area contributed by atoms with Gasteiger partial charge in [-0.2, -0.15) is 5.10 Å². The molecule has 0 fully saturated rings. The number of aromatic nitrogens is 5. The van der Waals surface area contributed by atoms with Gasteiger partial charge in [-0.1, -0.05) is 23.9 Å². The van der Waals surface area contributed by atoms with Crippen molar-refractivity contribution in [3.05, 3.63) is 76.5 Å². The van der Waals surface area contributed by atoms with E-state index in [0.29, 0.717) is 28.5 Å². The van der Waals surface area contributed by atoms with Crippen LogP contribution in [0.2, 0.25) is 0 Å². The molecular weight excluding hydrogens is 412 g/mol. The number of benzene rings is 1. The van der Waals surface area contributed by atoms with Gasteiger partial charge in [0.15, 0.2) is 10.8 Å². The maximum Gasteiger partial charge on any atom is 0.265 e. The number of amides is 1. The molecule has 9 heteroatoms. The van der Waals surface area contributed by atoms with E-state index in [-0.39, 0.29) is 23.9 Å². The number of carbonyl (C=O) groups is 1. The molecule has 31 heavy (non-hydrogen) atoms. The standard InChI is InChI=1S/C22H20N6O2S/c1-14-3-2-4-16(9-14)28-20-18(12-25-28)21(30)27-17(13-31-22(27)26-20)10-19(29)24-11-15-5-7-23-8-6-15/h2-9,12,17H,10-11,13H2,1H3,(H,24,29)/t17-/m1/s1. The molecule has 5 rings (SSSR count). The molecule has 8 nitrogen and oxygen atoms in total. The van der Waals surface area contributed by atoms with E-state index < -0.39 is 0 Å². The number of hydrogen-bond donors (Lipinski definition) is 1. The van der Waals surface area contributed by atoms with Crippen molar-refractivity contribution in [1.29, 1.82) is 0 Å². The second-order valence-electron chi connectivity index (χ2n) is 7.50. The summed E-state index contributed by atoms with van der Waals surface area (Å²) in [6, 6.07) is 11.4. The van der Waals surface area contributed by atoms with Crippen molar-refractivity contribution >= 4 is 28.7 Å². The molecule has 1 aliphatic rings. The smallest absolute Gasteiger partial charge is 0.265 e. The minimum Gasteiger partial charge on any atom is -0.352 e. The number of nitrogens with one attached hydrogen (secondary N) is 1. The lowest BCUT2D eigenvalue weighted by atomic mass is 10.2. The van der Waals surface area contributed by atoms with E-state index in [1.165, 1.54) is 11.8 Å². The van der Waals surface area contributed by atoms with Crippen molar-refractivity contribution in [2.45, 2.75) is 31.1 Å². The van der Waals surface area contributed by atoms with Crippen LogP contribution in [0.1, 0.15) is 23.6 Å². The third-order valence-electron chi connectivity index (χ3n) is 5.28. The number of aryl methyl sites for hydroxylation is 1. The van der Waals surface area contributed by atoms with Crippen LogP contribution in [0.4, 0.5) is 0 Å². The topological polar surface area (TPSA) is 94.7 Å². The first-order chi connectivity index (χ1) is 15.1. The molecule has 1 atom stereocenters. The summed E-state index contributed by atoms with van der Waals surface area (Å²) in [5.74, 6) is 0.535. The summed E-state index contributed by atoms with van der Waals surface area (Å²) >= 11 is 1.49. The molecule has 0 unspecified atom stereocenters. The summed E-state index contributed by atoms with van der Waals surface area (Å²) in [4.78, 5) is 34.4. The highest BCUT2D eigenvalue weighted by Gasteiger charge is 2.29. The maximum atomic E-state index is 13.2. The summed E-state index contributed by atoms with van der Waals surface area (Å²) < 4.78 is 3.33. The minimum absolute atomic E-state index is 0.0993. The van der Waals surface area contributed by atoms with Gasteiger partial charge >= 0.3 is 0 Å². The zero-order valence-electron chi connectivity index (χ0n) is 16.9. The van der Waals surface area contributed by atoms with Crippen LogP contribution in [-0.4, -0.2) is 36.0 Å². The molecule has 0 spiro atoms. The molecule has 0 radical (unpaired) electrons. The first-order valence-electron chi connectivity index (χ1n) is 9.96. The Hall–Kier alpha value is -3.46. The fraction of sp³-hybridized carbons (Fsp3) is 0.227. The molecule has 4 heterocycles.